The highest BCUT2D eigenvalue weighted by Crippen LogP contribution is 2.18. The van der Waals surface area contributed by atoms with Crippen molar-refractivity contribution >= 4 is 36.0 Å². The first-order valence-corrected chi connectivity index (χ1v) is 8.68. The van der Waals surface area contributed by atoms with Gasteiger partial charge in [-0.05, 0) is 31.4 Å². The van der Waals surface area contributed by atoms with Crippen LogP contribution in [-0.4, -0.2) is 53.9 Å². The predicted molar refractivity (Wildman–Crippen MR) is 90.9 cm³/mol. The normalized spacial score (nSPS) is 18.0. The molecule has 0 aliphatic carbocycles. The largest absolute Gasteiger partial charge is 0.354 e. The minimum Gasteiger partial charge on any atom is -0.354 e. The van der Waals surface area contributed by atoms with E-state index >= 15 is 0 Å². The quantitative estimate of drug-likeness (QED) is 0.656. The van der Waals surface area contributed by atoms with Crippen LogP contribution < -0.4 is 11.1 Å². The van der Waals surface area contributed by atoms with Crippen molar-refractivity contribution < 1.29 is 9.59 Å². The maximum absolute atomic E-state index is 12.2. The second kappa shape index (κ2) is 12.1. The number of amides is 2. The van der Waals surface area contributed by atoms with Crippen LogP contribution in [0, 0.1) is 0 Å². The summed E-state index contributed by atoms with van der Waals surface area (Å²) in [5.74, 6) is 1.77. The molecule has 7 heteroatoms. The minimum atomic E-state index is -0.0224. The van der Waals surface area contributed by atoms with Crippen molar-refractivity contribution in [2.24, 2.45) is 5.73 Å². The second-order valence-electron chi connectivity index (χ2n) is 5.13. The number of hydrogen-bond acceptors (Lipinski definition) is 4. The third kappa shape index (κ3) is 7.93. The minimum absolute atomic E-state index is 0. The van der Waals surface area contributed by atoms with Crippen molar-refractivity contribution in [1.29, 1.82) is 0 Å². The van der Waals surface area contributed by atoms with Crippen LogP contribution in [0.15, 0.2) is 0 Å². The van der Waals surface area contributed by atoms with E-state index in [1.807, 2.05) is 4.90 Å². The molecule has 1 heterocycles. The van der Waals surface area contributed by atoms with E-state index in [1.165, 1.54) is 0 Å². The van der Waals surface area contributed by atoms with E-state index in [4.69, 9.17) is 5.73 Å². The smallest absolute Gasteiger partial charge is 0.232 e. The lowest BCUT2D eigenvalue weighted by Gasteiger charge is -2.36. The van der Waals surface area contributed by atoms with Crippen LogP contribution in [0.4, 0.5) is 0 Å². The first-order valence-electron chi connectivity index (χ1n) is 7.53. The highest BCUT2D eigenvalue weighted by molar-refractivity contribution is 7.99. The molecule has 0 radical (unpaired) electrons. The van der Waals surface area contributed by atoms with Gasteiger partial charge in [-0.1, -0.05) is 6.92 Å². The number of nitrogens with zero attached hydrogens (tertiary/aromatic N) is 1. The van der Waals surface area contributed by atoms with Gasteiger partial charge in [-0.25, -0.2) is 0 Å². The van der Waals surface area contributed by atoms with Gasteiger partial charge in [-0.2, -0.15) is 11.8 Å². The molecule has 1 rings (SSSR count). The lowest BCUT2D eigenvalue weighted by Crippen LogP contribution is -2.50. The third-order valence-electron chi connectivity index (χ3n) is 3.43. The summed E-state index contributed by atoms with van der Waals surface area (Å²) in [6, 6.07) is 0.153. The van der Waals surface area contributed by atoms with Crippen LogP contribution in [0.5, 0.6) is 0 Å². The van der Waals surface area contributed by atoms with Crippen LogP contribution in [0.1, 0.15) is 39.0 Å². The number of likely N-dealkylation sites (tertiary alicyclic amines) is 1. The standard InChI is InChI=1S/C14H27N3O2S.ClH/c1-2-9-20-11-14(19)17-8-4-3-5-12(17)10-16-13(18)6-7-15;/h12H,2-11,15H2,1H3,(H,16,18);1H. The lowest BCUT2D eigenvalue weighted by atomic mass is 10.0. The number of hydrogen-bond donors (Lipinski definition) is 2. The van der Waals surface area contributed by atoms with Gasteiger partial charge in [-0.3, -0.25) is 9.59 Å². The Morgan fingerprint density at radius 1 is 1.38 bits per heavy atom. The van der Waals surface area contributed by atoms with Crippen LogP contribution in [0.2, 0.25) is 0 Å². The Kier molecular flexibility index (Phi) is 11.9. The molecule has 1 atom stereocenters. The van der Waals surface area contributed by atoms with E-state index in [0.29, 0.717) is 25.3 Å². The van der Waals surface area contributed by atoms with Crippen molar-refractivity contribution in [3.8, 4) is 0 Å². The molecule has 124 valence electrons. The van der Waals surface area contributed by atoms with Crippen molar-refractivity contribution in [3.63, 3.8) is 0 Å². The maximum Gasteiger partial charge on any atom is 0.232 e. The summed E-state index contributed by atoms with van der Waals surface area (Å²) < 4.78 is 0. The lowest BCUT2D eigenvalue weighted by molar-refractivity contribution is -0.132. The second-order valence-corrected chi connectivity index (χ2v) is 6.24. The summed E-state index contributed by atoms with van der Waals surface area (Å²) in [6.07, 6.45) is 4.62. The molecular formula is C14H28ClN3O2S. The average molecular weight is 338 g/mol. The molecule has 1 fully saturated rings. The predicted octanol–water partition coefficient (Wildman–Crippen LogP) is 1.40. The zero-order valence-corrected chi connectivity index (χ0v) is 14.4. The third-order valence-corrected chi connectivity index (χ3v) is 4.58. The van der Waals surface area contributed by atoms with E-state index in [1.54, 1.807) is 11.8 Å². The molecule has 0 spiro atoms. The molecule has 1 aliphatic heterocycles. The van der Waals surface area contributed by atoms with Gasteiger partial charge in [0.05, 0.1) is 5.75 Å². The summed E-state index contributed by atoms with van der Waals surface area (Å²) >= 11 is 1.69. The molecule has 21 heavy (non-hydrogen) atoms. The van der Waals surface area contributed by atoms with E-state index in [2.05, 4.69) is 12.2 Å². The molecule has 2 amide bonds. The molecular weight excluding hydrogens is 310 g/mol. The fourth-order valence-electron chi connectivity index (χ4n) is 2.38. The van der Waals surface area contributed by atoms with Gasteiger partial charge in [0.15, 0.2) is 0 Å². The molecule has 0 saturated carbocycles. The number of thioether (sulfide) groups is 1. The molecule has 5 nitrogen and oxygen atoms in total. The summed E-state index contributed by atoms with van der Waals surface area (Å²) in [6.45, 7) is 3.87. The number of carbonyl (C=O) groups excluding carboxylic acids is 2. The van der Waals surface area contributed by atoms with E-state index in [0.717, 1.165) is 38.0 Å². The van der Waals surface area contributed by atoms with Gasteiger partial charge in [0.1, 0.15) is 0 Å². The molecule has 0 bridgehead atoms. The number of nitrogens with one attached hydrogen (secondary N) is 1. The summed E-state index contributed by atoms with van der Waals surface area (Å²) in [5, 5.41) is 2.89. The van der Waals surface area contributed by atoms with Gasteiger partial charge >= 0.3 is 0 Å². The summed E-state index contributed by atoms with van der Waals surface area (Å²) in [5.41, 5.74) is 5.35. The van der Waals surface area contributed by atoms with Crippen LogP contribution in [0.25, 0.3) is 0 Å². The highest BCUT2D eigenvalue weighted by atomic mass is 35.5. The van der Waals surface area contributed by atoms with E-state index in [9.17, 15) is 9.59 Å². The van der Waals surface area contributed by atoms with Gasteiger partial charge in [0.25, 0.3) is 0 Å². The van der Waals surface area contributed by atoms with Crippen molar-refractivity contribution in [2.75, 3.05) is 31.1 Å². The zero-order valence-electron chi connectivity index (χ0n) is 12.8. The summed E-state index contributed by atoms with van der Waals surface area (Å²) in [7, 11) is 0. The van der Waals surface area contributed by atoms with E-state index < -0.39 is 0 Å². The number of carbonyl (C=O) groups is 2. The number of halogens is 1. The van der Waals surface area contributed by atoms with Crippen LogP contribution >= 0.6 is 24.2 Å². The number of rotatable bonds is 8. The van der Waals surface area contributed by atoms with Crippen LogP contribution in [0.3, 0.4) is 0 Å². The van der Waals surface area contributed by atoms with E-state index in [-0.39, 0.29) is 30.3 Å². The first-order chi connectivity index (χ1) is 9.69. The monoisotopic (exact) mass is 337 g/mol. The molecule has 0 aromatic rings. The SMILES string of the molecule is CCCSCC(=O)N1CCCCC1CNC(=O)CCN.Cl. The Bertz CT molecular complexity index is 319. The van der Waals surface area contributed by atoms with Gasteiger partial charge in [0, 0.05) is 32.1 Å². The molecule has 0 aromatic carbocycles. The Labute approximate surface area is 138 Å². The fourth-order valence-corrected chi connectivity index (χ4v) is 3.15. The maximum atomic E-state index is 12.2. The van der Waals surface area contributed by atoms with Gasteiger partial charge in [-0.15, -0.1) is 12.4 Å². The molecule has 1 unspecified atom stereocenters. The van der Waals surface area contributed by atoms with Gasteiger partial charge < -0.3 is 16.0 Å². The first kappa shape index (κ1) is 20.5. The Morgan fingerprint density at radius 3 is 2.81 bits per heavy atom. The number of piperidine rings is 1. The Hall–Kier alpha value is -0.460. The number of nitrogens with two attached hydrogens (primary N) is 1. The topological polar surface area (TPSA) is 75.4 Å². The van der Waals surface area contributed by atoms with Crippen molar-refractivity contribution in [3.05, 3.63) is 0 Å². The fraction of sp³-hybridized carbons (Fsp3) is 0.857. The highest BCUT2D eigenvalue weighted by Gasteiger charge is 2.26. The van der Waals surface area contributed by atoms with Crippen LogP contribution in [-0.2, 0) is 9.59 Å². The van der Waals surface area contributed by atoms with Crippen molar-refractivity contribution in [2.45, 2.75) is 45.1 Å². The molecule has 3 N–H and O–H groups in total. The summed E-state index contributed by atoms with van der Waals surface area (Å²) in [4.78, 5) is 25.7. The van der Waals surface area contributed by atoms with Gasteiger partial charge in [0.2, 0.25) is 11.8 Å². The molecule has 0 aromatic heterocycles. The average Bonchev–Trinajstić information content (AvgIpc) is 2.46. The Balaban J connectivity index is 0.00000400. The molecule has 1 aliphatic rings. The Morgan fingerprint density at radius 2 is 2.14 bits per heavy atom. The molecule has 1 saturated heterocycles. The zero-order chi connectivity index (χ0) is 14.8. The van der Waals surface area contributed by atoms with Crippen molar-refractivity contribution in [1.82, 2.24) is 10.2 Å².